The SMILES string of the molecule is Cc1cccc(C(=O)N2CCC3(O)CCCCC3C2)c1I. The normalized spacial score (nSPS) is 29.1. The zero-order chi connectivity index (χ0) is 15.0. The number of benzene rings is 1. The van der Waals surface area contributed by atoms with Gasteiger partial charge < -0.3 is 10.0 Å². The van der Waals surface area contributed by atoms with Gasteiger partial charge in [-0.1, -0.05) is 25.0 Å². The Morgan fingerprint density at radius 2 is 2.19 bits per heavy atom. The van der Waals surface area contributed by atoms with Crippen molar-refractivity contribution in [1.82, 2.24) is 4.90 Å². The highest BCUT2D eigenvalue weighted by molar-refractivity contribution is 14.1. The van der Waals surface area contributed by atoms with E-state index in [-0.39, 0.29) is 11.8 Å². The maximum Gasteiger partial charge on any atom is 0.254 e. The Kier molecular flexibility index (Phi) is 4.28. The van der Waals surface area contributed by atoms with Crippen LogP contribution in [0.2, 0.25) is 0 Å². The monoisotopic (exact) mass is 399 g/mol. The number of rotatable bonds is 1. The van der Waals surface area contributed by atoms with Gasteiger partial charge in [-0.2, -0.15) is 0 Å². The molecule has 3 nitrogen and oxygen atoms in total. The Bertz CT molecular complexity index is 560. The second-order valence-corrected chi connectivity index (χ2v) is 7.56. The number of halogens is 1. The predicted molar refractivity (Wildman–Crippen MR) is 91.3 cm³/mol. The van der Waals surface area contributed by atoms with Crippen LogP contribution in [0, 0.1) is 16.4 Å². The van der Waals surface area contributed by atoms with E-state index in [2.05, 4.69) is 22.6 Å². The van der Waals surface area contributed by atoms with Gasteiger partial charge in [0.2, 0.25) is 0 Å². The summed E-state index contributed by atoms with van der Waals surface area (Å²) in [6.07, 6.45) is 4.98. The van der Waals surface area contributed by atoms with Crippen LogP contribution in [-0.2, 0) is 0 Å². The molecular formula is C17H22INO2. The number of fused-ring (bicyclic) bond motifs is 1. The predicted octanol–water partition coefficient (Wildman–Crippen LogP) is 3.37. The number of likely N-dealkylation sites (tertiary alicyclic amines) is 1. The van der Waals surface area contributed by atoms with Gasteiger partial charge in [-0.05, 0) is 60.4 Å². The highest BCUT2D eigenvalue weighted by Crippen LogP contribution is 2.40. The van der Waals surface area contributed by atoms with E-state index in [1.54, 1.807) is 0 Å². The Labute approximate surface area is 139 Å². The lowest BCUT2D eigenvalue weighted by Crippen LogP contribution is -2.54. The summed E-state index contributed by atoms with van der Waals surface area (Å²) in [5.74, 6) is 0.377. The fourth-order valence-corrected chi connectivity index (χ4v) is 4.33. The molecule has 2 atom stereocenters. The van der Waals surface area contributed by atoms with Crippen molar-refractivity contribution < 1.29 is 9.90 Å². The molecule has 2 unspecified atom stereocenters. The second-order valence-electron chi connectivity index (χ2n) is 6.48. The molecule has 2 fully saturated rings. The lowest BCUT2D eigenvalue weighted by Gasteiger charge is -2.47. The van der Waals surface area contributed by atoms with Crippen LogP contribution in [0.15, 0.2) is 18.2 Å². The minimum atomic E-state index is -0.519. The average Bonchev–Trinajstić information content (AvgIpc) is 2.48. The smallest absolute Gasteiger partial charge is 0.254 e. The first kappa shape index (κ1) is 15.3. The summed E-state index contributed by atoms with van der Waals surface area (Å²) in [6, 6.07) is 5.90. The molecule has 1 saturated heterocycles. The fraction of sp³-hybridized carbons (Fsp3) is 0.588. The van der Waals surface area contributed by atoms with Crippen LogP contribution in [0.1, 0.15) is 48.0 Å². The number of carbonyl (C=O) groups is 1. The van der Waals surface area contributed by atoms with Gasteiger partial charge in [0.1, 0.15) is 0 Å². The van der Waals surface area contributed by atoms with E-state index < -0.39 is 5.60 Å². The van der Waals surface area contributed by atoms with Crippen LogP contribution in [0.5, 0.6) is 0 Å². The highest BCUT2D eigenvalue weighted by Gasteiger charge is 2.43. The second kappa shape index (κ2) is 5.88. The number of nitrogens with zero attached hydrogens (tertiary/aromatic N) is 1. The van der Waals surface area contributed by atoms with Crippen LogP contribution in [0.4, 0.5) is 0 Å². The topological polar surface area (TPSA) is 40.5 Å². The van der Waals surface area contributed by atoms with Gasteiger partial charge in [-0.15, -0.1) is 0 Å². The molecule has 1 heterocycles. The van der Waals surface area contributed by atoms with E-state index >= 15 is 0 Å². The molecule has 21 heavy (non-hydrogen) atoms. The summed E-state index contributed by atoms with van der Waals surface area (Å²) in [5.41, 5.74) is 1.43. The van der Waals surface area contributed by atoms with Crippen LogP contribution in [-0.4, -0.2) is 34.6 Å². The Morgan fingerprint density at radius 1 is 1.38 bits per heavy atom. The summed E-state index contributed by atoms with van der Waals surface area (Å²) in [7, 11) is 0. The number of hydrogen-bond donors (Lipinski definition) is 1. The van der Waals surface area contributed by atoms with E-state index in [9.17, 15) is 9.90 Å². The minimum absolute atomic E-state index is 0.121. The van der Waals surface area contributed by atoms with E-state index in [0.717, 1.165) is 40.4 Å². The molecule has 114 valence electrons. The fourth-order valence-electron chi connectivity index (χ4n) is 3.74. The maximum atomic E-state index is 12.8. The van der Waals surface area contributed by atoms with Crippen molar-refractivity contribution in [3.05, 3.63) is 32.9 Å². The van der Waals surface area contributed by atoms with Gasteiger partial charge in [0.15, 0.2) is 0 Å². The van der Waals surface area contributed by atoms with Gasteiger partial charge in [-0.3, -0.25) is 4.79 Å². The van der Waals surface area contributed by atoms with Crippen molar-refractivity contribution in [3.63, 3.8) is 0 Å². The molecule has 0 aromatic heterocycles. The molecule has 3 rings (SSSR count). The lowest BCUT2D eigenvalue weighted by atomic mass is 9.71. The van der Waals surface area contributed by atoms with Crippen molar-refractivity contribution in [1.29, 1.82) is 0 Å². The Morgan fingerprint density at radius 3 is 3.00 bits per heavy atom. The molecule has 0 radical (unpaired) electrons. The number of aryl methyl sites for hydroxylation is 1. The van der Waals surface area contributed by atoms with E-state index in [1.165, 1.54) is 6.42 Å². The summed E-state index contributed by atoms with van der Waals surface area (Å²) >= 11 is 2.26. The molecule has 4 heteroatoms. The number of amides is 1. The third kappa shape index (κ3) is 2.84. The maximum absolute atomic E-state index is 12.8. The van der Waals surface area contributed by atoms with Gasteiger partial charge in [0.25, 0.3) is 5.91 Å². The molecule has 2 aliphatic rings. The molecule has 1 amide bonds. The minimum Gasteiger partial charge on any atom is -0.389 e. The number of aliphatic hydroxyl groups is 1. The van der Waals surface area contributed by atoms with Gasteiger partial charge in [0.05, 0.1) is 11.2 Å². The Balaban J connectivity index is 1.79. The van der Waals surface area contributed by atoms with Gasteiger partial charge >= 0.3 is 0 Å². The van der Waals surface area contributed by atoms with Crippen molar-refractivity contribution in [2.75, 3.05) is 13.1 Å². The highest BCUT2D eigenvalue weighted by atomic mass is 127. The van der Waals surface area contributed by atoms with Crippen molar-refractivity contribution in [2.24, 2.45) is 5.92 Å². The average molecular weight is 399 g/mol. The molecule has 1 aromatic rings. The summed E-state index contributed by atoms with van der Waals surface area (Å²) in [6.45, 7) is 3.42. The zero-order valence-electron chi connectivity index (χ0n) is 12.4. The van der Waals surface area contributed by atoms with E-state index in [4.69, 9.17) is 0 Å². The van der Waals surface area contributed by atoms with Crippen LogP contribution in [0.3, 0.4) is 0 Å². The molecule has 1 aliphatic heterocycles. The van der Waals surface area contributed by atoms with Gasteiger partial charge in [-0.25, -0.2) is 0 Å². The molecular weight excluding hydrogens is 377 g/mol. The number of carbonyl (C=O) groups excluding carboxylic acids is 1. The number of piperidine rings is 1. The summed E-state index contributed by atoms with van der Waals surface area (Å²) in [4.78, 5) is 14.7. The number of hydrogen-bond acceptors (Lipinski definition) is 2. The van der Waals surface area contributed by atoms with E-state index in [0.29, 0.717) is 13.1 Å². The first-order valence-electron chi connectivity index (χ1n) is 7.78. The largest absolute Gasteiger partial charge is 0.389 e. The molecule has 1 N–H and O–H groups in total. The lowest BCUT2D eigenvalue weighted by molar-refractivity contribution is -0.0886. The van der Waals surface area contributed by atoms with Crippen molar-refractivity contribution >= 4 is 28.5 Å². The first-order chi connectivity index (χ1) is 10.0. The summed E-state index contributed by atoms with van der Waals surface area (Å²) < 4.78 is 1.05. The van der Waals surface area contributed by atoms with Crippen LogP contribution < -0.4 is 0 Å². The summed E-state index contributed by atoms with van der Waals surface area (Å²) in [5, 5.41) is 10.7. The molecule has 0 spiro atoms. The first-order valence-corrected chi connectivity index (χ1v) is 8.86. The molecule has 1 aromatic carbocycles. The molecule has 0 bridgehead atoms. The standard InChI is InChI=1S/C17H22INO2/c1-12-5-4-7-14(15(12)18)16(20)19-10-9-17(21)8-3-2-6-13(17)11-19/h4-5,7,13,21H,2-3,6,8-11H2,1H3. The quantitative estimate of drug-likeness (QED) is 0.736. The Hall–Kier alpha value is -0.620. The van der Waals surface area contributed by atoms with Gasteiger partial charge in [0, 0.05) is 22.6 Å². The third-order valence-electron chi connectivity index (χ3n) is 5.14. The van der Waals surface area contributed by atoms with Crippen LogP contribution in [0.25, 0.3) is 0 Å². The third-order valence-corrected chi connectivity index (χ3v) is 6.57. The van der Waals surface area contributed by atoms with Crippen molar-refractivity contribution in [3.8, 4) is 0 Å². The zero-order valence-corrected chi connectivity index (χ0v) is 14.6. The van der Waals surface area contributed by atoms with Crippen LogP contribution >= 0.6 is 22.6 Å². The van der Waals surface area contributed by atoms with E-state index in [1.807, 2.05) is 30.0 Å². The van der Waals surface area contributed by atoms with Crippen molar-refractivity contribution in [2.45, 2.75) is 44.6 Å². The molecule has 1 aliphatic carbocycles. The molecule has 1 saturated carbocycles.